The number of nitrogens with one attached hydrogen (secondary N) is 1. The number of halogens is 2. The molecule has 0 radical (unpaired) electrons. The first-order valence-electron chi connectivity index (χ1n) is 12.2. The second-order valence-electron chi connectivity index (χ2n) is 10.6. The van der Waals surface area contributed by atoms with Crippen LogP contribution in [0.5, 0.6) is 0 Å². The number of hydrogen-bond acceptors (Lipinski definition) is 3. The molecule has 178 valence electrons. The van der Waals surface area contributed by atoms with E-state index in [1.54, 1.807) is 13.8 Å². The van der Waals surface area contributed by atoms with Crippen LogP contribution in [0.3, 0.4) is 0 Å². The van der Waals surface area contributed by atoms with Gasteiger partial charge >= 0.3 is 0 Å². The highest BCUT2D eigenvalue weighted by Gasteiger charge is 2.39. The number of aromatic nitrogens is 3. The average molecular weight is 456 g/mol. The van der Waals surface area contributed by atoms with Crippen LogP contribution >= 0.6 is 0 Å². The SMILES string of the molecule is C[C@@H]1Cc2c([nH]c3ccccc23)[C@@H](c2cnn(CC3CN(CCCF)C3)c2)N1CC(C)(C)F. The Labute approximate surface area is 194 Å². The third-order valence-corrected chi connectivity index (χ3v) is 7.13. The Balaban J connectivity index is 1.42. The second-order valence-corrected chi connectivity index (χ2v) is 10.6. The molecule has 2 aliphatic rings. The lowest BCUT2D eigenvalue weighted by atomic mass is 9.88. The van der Waals surface area contributed by atoms with Crippen molar-refractivity contribution in [2.75, 3.05) is 32.9 Å². The lowest BCUT2D eigenvalue weighted by Gasteiger charge is -2.42. The summed E-state index contributed by atoms with van der Waals surface area (Å²) in [5.74, 6) is 0.548. The van der Waals surface area contributed by atoms with Crippen molar-refractivity contribution in [3.63, 3.8) is 0 Å². The van der Waals surface area contributed by atoms with Gasteiger partial charge in [-0.2, -0.15) is 5.10 Å². The fourth-order valence-electron chi connectivity index (χ4n) is 5.69. The molecule has 5 nitrogen and oxygen atoms in total. The van der Waals surface area contributed by atoms with Crippen LogP contribution in [-0.2, 0) is 13.0 Å². The number of nitrogens with zero attached hydrogens (tertiary/aromatic N) is 4. The summed E-state index contributed by atoms with van der Waals surface area (Å²) < 4.78 is 29.3. The number of H-pyrrole nitrogens is 1. The van der Waals surface area contributed by atoms with Crippen molar-refractivity contribution >= 4 is 10.9 Å². The monoisotopic (exact) mass is 455 g/mol. The minimum absolute atomic E-state index is 0.0534. The third-order valence-electron chi connectivity index (χ3n) is 7.13. The van der Waals surface area contributed by atoms with Crippen LogP contribution in [0, 0.1) is 5.92 Å². The highest BCUT2D eigenvalue weighted by Crippen LogP contribution is 2.41. The van der Waals surface area contributed by atoms with Crippen LogP contribution in [0.15, 0.2) is 36.7 Å². The van der Waals surface area contributed by atoms with Crippen LogP contribution in [0.4, 0.5) is 8.78 Å². The van der Waals surface area contributed by atoms with E-state index in [1.165, 1.54) is 16.6 Å². The molecule has 0 saturated carbocycles. The van der Waals surface area contributed by atoms with Crippen LogP contribution in [0.1, 0.15) is 50.1 Å². The summed E-state index contributed by atoms with van der Waals surface area (Å²) in [6.07, 6.45) is 5.61. The van der Waals surface area contributed by atoms with Gasteiger partial charge in [-0.1, -0.05) is 18.2 Å². The van der Waals surface area contributed by atoms with Crippen molar-refractivity contribution in [1.82, 2.24) is 24.6 Å². The minimum atomic E-state index is -1.29. The minimum Gasteiger partial charge on any atom is -0.357 e. The van der Waals surface area contributed by atoms with Gasteiger partial charge in [-0.05, 0) is 45.2 Å². The van der Waals surface area contributed by atoms with Gasteiger partial charge in [0.05, 0.1) is 18.9 Å². The van der Waals surface area contributed by atoms with Crippen LogP contribution in [-0.4, -0.2) is 69.1 Å². The van der Waals surface area contributed by atoms with Gasteiger partial charge in [0, 0.05) is 73.0 Å². The van der Waals surface area contributed by atoms with Gasteiger partial charge in [0.1, 0.15) is 5.67 Å². The van der Waals surface area contributed by atoms with E-state index in [9.17, 15) is 8.78 Å². The molecule has 1 N–H and O–H groups in total. The number of fused-ring (bicyclic) bond motifs is 3. The van der Waals surface area contributed by atoms with Crippen molar-refractivity contribution in [2.24, 2.45) is 5.92 Å². The highest BCUT2D eigenvalue weighted by atomic mass is 19.1. The Kier molecular flexibility index (Phi) is 6.04. The van der Waals surface area contributed by atoms with Crippen molar-refractivity contribution in [1.29, 1.82) is 0 Å². The normalized spacial score (nSPS) is 22.6. The number of likely N-dealkylation sites (tertiary alicyclic amines) is 1. The van der Waals surface area contributed by atoms with E-state index in [2.05, 4.69) is 57.3 Å². The summed E-state index contributed by atoms with van der Waals surface area (Å²) in [7, 11) is 0. The molecule has 3 aromatic rings. The molecule has 2 aliphatic heterocycles. The predicted molar refractivity (Wildman–Crippen MR) is 128 cm³/mol. The first-order chi connectivity index (χ1) is 15.8. The first-order valence-corrected chi connectivity index (χ1v) is 12.2. The van der Waals surface area contributed by atoms with Crippen LogP contribution in [0.2, 0.25) is 0 Å². The van der Waals surface area contributed by atoms with Gasteiger partial charge in [-0.3, -0.25) is 14.0 Å². The fourth-order valence-corrected chi connectivity index (χ4v) is 5.69. The quantitative estimate of drug-likeness (QED) is 0.533. The molecule has 0 spiro atoms. The molecule has 1 fully saturated rings. The molecular weight excluding hydrogens is 420 g/mol. The van der Waals surface area contributed by atoms with Gasteiger partial charge in [0.25, 0.3) is 0 Å². The van der Waals surface area contributed by atoms with E-state index in [4.69, 9.17) is 0 Å². The molecule has 5 rings (SSSR count). The number of benzene rings is 1. The highest BCUT2D eigenvalue weighted by molar-refractivity contribution is 5.85. The Morgan fingerprint density at radius 3 is 2.76 bits per heavy atom. The largest absolute Gasteiger partial charge is 0.357 e. The average Bonchev–Trinajstić information content (AvgIpc) is 3.34. The summed E-state index contributed by atoms with van der Waals surface area (Å²) in [6, 6.07) is 8.60. The molecule has 1 aromatic carbocycles. The van der Waals surface area contributed by atoms with Crippen molar-refractivity contribution in [3.05, 3.63) is 53.5 Å². The zero-order valence-electron chi connectivity index (χ0n) is 19.9. The van der Waals surface area contributed by atoms with E-state index in [0.29, 0.717) is 18.9 Å². The summed E-state index contributed by atoms with van der Waals surface area (Å²) >= 11 is 0. The number of para-hydroxylation sites is 1. The number of rotatable bonds is 8. The topological polar surface area (TPSA) is 40.1 Å². The van der Waals surface area contributed by atoms with Gasteiger partial charge in [0.2, 0.25) is 0 Å². The maximum atomic E-state index is 14.9. The molecule has 33 heavy (non-hydrogen) atoms. The molecule has 1 saturated heterocycles. The smallest absolute Gasteiger partial charge is 0.118 e. The molecule has 0 amide bonds. The lowest BCUT2D eigenvalue weighted by Crippen LogP contribution is -2.48. The van der Waals surface area contributed by atoms with E-state index < -0.39 is 5.67 Å². The summed E-state index contributed by atoms with van der Waals surface area (Å²) in [4.78, 5) is 8.26. The second kappa shape index (κ2) is 8.84. The van der Waals surface area contributed by atoms with Gasteiger partial charge in [-0.25, -0.2) is 4.39 Å². The maximum Gasteiger partial charge on any atom is 0.118 e. The van der Waals surface area contributed by atoms with Crippen molar-refractivity contribution in [3.8, 4) is 0 Å². The van der Waals surface area contributed by atoms with E-state index in [0.717, 1.165) is 43.7 Å². The molecule has 7 heteroatoms. The Bertz CT molecular complexity index is 1090. The van der Waals surface area contributed by atoms with Crippen molar-refractivity contribution < 1.29 is 8.78 Å². The molecular formula is C26H35F2N5. The fraction of sp³-hybridized carbons (Fsp3) is 0.577. The van der Waals surface area contributed by atoms with Crippen molar-refractivity contribution in [2.45, 2.75) is 57.9 Å². The zero-order chi connectivity index (χ0) is 23.2. The van der Waals surface area contributed by atoms with E-state index >= 15 is 0 Å². The Morgan fingerprint density at radius 1 is 1.21 bits per heavy atom. The number of hydrogen-bond donors (Lipinski definition) is 1. The molecule has 0 unspecified atom stereocenters. The third kappa shape index (κ3) is 4.58. The van der Waals surface area contributed by atoms with Crippen LogP contribution in [0.25, 0.3) is 10.9 Å². The Morgan fingerprint density at radius 2 is 2.00 bits per heavy atom. The summed E-state index contributed by atoms with van der Waals surface area (Å²) in [6.45, 7) is 9.36. The lowest BCUT2D eigenvalue weighted by molar-refractivity contribution is 0.0665. The van der Waals surface area contributed by atoms with E-state index in [1.807, 2.05) is 10.9 Å². The van der Waals surface area contributed by atoms with Gasteiger partial charge < -0.3 is 9.88 Å². The van der Waals surface area contributed by atoms with Crippen LogP contribution < -0.4 is 0 Å². The molecule has 4 heterocycles. The molecule has 2 atom stereocenters. The maximum absolute atomic E-state index is 14.9. The summed E-state index contributed by atoms with van der Waals surface area (Å²) in [5, 5.41) is 5.95. The molecule has 2 aromatic heterocycles. The molecule has 0 bridgehead atoms. The number of aromatic amines is 1. The van der Waals surface area contributed by atoms with E-state index in [-0.39, 0.29) is 18.8 Å². The van der Waals surface area contributed by atoms with Gasteiger partial charge in [-0.15, -0.1) is 0 Å². The summed E-state index contributed by atoms with van der Waals surface area (Å²) in [5.41, 5.74) is 3.45. The number of alkyl halides is 2. The standard InChI is InChI=1S/C26H35F2N5/c1-18-11-22-21-7-4-5-8-23(21)30-24(22)25(33(18)17-26(2,3)28)20-12-29-32(16-20)15-19-13-31(14-19)10-6-9-27/h4-5,7-8,12,16,18-19,25,30H,6,9-11,13-15,17H2,1-3H3/t18-,25-/m1/s1. The zero-order valence-corrected chi connectivity index (χ0v) is 19.9. The Hall–Kier alpha value is -2.25. The first kappa shape index (κ1) is 22.5. The van der Waals surface area contributed by atoms with Gasteiger partial charge in [0.15, 0.2) is 0 Å². The predicted octanol–water partition coefficient (Wildman–Crippen LogP) is 4.74. The molecule has 0 aliphatic carbocycles.